The molecule has 1 N–H and O–H groups in total. The third-order valence-electron chi connectivity index (χ3n) is 6.92. The number of carbonyl (C=O) groups excluding carboxylic acids is 1. The molecule has 1 amide bonds. The van der Waals surface area contributed by atoms with Gasteiger partial charge in [0, 0.05) is 26.1 Å². The maximum Gasteiger partial charge on any atom is 0.260 e. The second-order valence-electron chi connectivity index (χ2n) is 9.38. The van der Waals surface area contributed by atoms with Gasteiger partial charge in [-0.15, -0.1) is 10.2 Å². The second-order valence-corrected chi connectivity index (χ2v) is 9.38. The average Bonchev–Trinajstić information content (AvgIpc) is 3.43. The van der Waals surface area contributed by atoms with Crippen LogP contribution in [0.25, 0.3) is 27.7 Å². The van der Waals surface area contributed by atoms with Gasteiger partial charge in [0.1, 0.15) is 17.1 Å². The fourth-order valence-electron chi connectivity index (χ4n) is 4.81. The number of piperidine rings is 1. The Hall–Kier alpha value is -3.90. The number of methoxy groups -OCH3 is 1. The van der Waals surface area contributed by atoms with Crippen molar-refractivity contribution >= 4 is 28.4 Å². The van der Waals surface area contributed by atoms with Crippen LogP contribution in [0.2, 0.25) is 0 Å². The van der Waals surface area contributed by atoms with E-state index in [-0.39, 0.29) is 35.3 Å². The molecule has 0 bridgehead atoms. The van der Waals surface area contributed by atoms with Gasteiger partial charge in [-0.2, -0.15) is 4.98 Å². The van der Waals surface area contributed by atoms with Gasteiger partial charge in [-0.3, -0.25) is 4.79 Å². The molecule has 0 unspecified atom stereocenters. The molecule has 10 nitrogen and oxygen atoms in total. The second kappa shape index (κ2) is 9.52. The van der Waals surface area contributed by atoms with E-state index in [2.05, 4.69) is 25.7 Å². The zero-order chi connectivity index (χ0) is 26.4. The minimum absolute atomic E-state index is 0.0182. The Morgan fingerprint density at radius 2 is 2.08 bits per heavy atom. The van der Waals surface area contributed by atoms with Gasteiger partial charge >= 0.3 is 0 Å². The maximum absolute atomic E-state index is 15.3. The summed E-state index contributed by atoms with van der Waals surface area (Å²) in [5.74, 6) is 0.0370. The lowest BCUT2D eigenvalue weighted by Crippen LogP contribution is -2.47. The minimum atomic E-state index is -2.64. The molecule has 1 aromatic carbocycles. The number of carbonyl (C=O) groups is 1. The van der Waals surface area contributed by atoms with Crippen molar-refractivity contribution in [1.82, 2.24) is 34.5 Å². The van der Waals surface area contributed by atoms with Crippen LogP contribution < -0.4 is 10.1 Å². The van der Waals surface area contributed by atoms with Crippen molar-refractivity contribution in [2.45, 2.75) is 45.7 Å². The molecule has 0 radical (unpaired) electrons. The summed E-state index contributed by atoms with van der Waals surface area (Å²) in [6, 6.07) is 3.63. The highest BCUT2D eigenvalue weighted by Gasteiger charge is 2.29. The van der Waals surface area contributed by atoms with Gasteiger partial charge < -0.3 is 15.0 Å². The topological polar surface area (TPSA) is 102 Å². The Morgan fingerprint density at radius 1 is 1.30 bits per heavy atom. The predicted molar refractivity (Wildman–Crippen MR) is 130 cm³/mol. The molecule has 1 fully saturated rings. The number of fused-ring (bicyclic) bond motifs is 2. The zero-order valence-electron chi connectivity index (χ0n) is 20.8. The van der Waals surface area contributed by atoms with E-state index < -0.39 is 18.3 Å². The minimum Gasteiger partial charge on any atom is -0.479 e. The Morgan fingerprint density at radius 3 is 2.76 bits per heavy atom. The first-order valence-electron chi connectivity index (χ1n) is 12.0. The number of benzene rings is 1. The summed E-state index contributed by atoms with van der Waals surface area (Å²) in [5.41, 5.74) is 1.66. The Bertz CT molecular complexity index is 1470. The first-order valence-corrected chi connectivity index (χ1v) is 12.0. The lowest BCUT2D eigenvalue weighted by Gasteiger charge is -2.36. The van der Waals surface area contributed by atoms with E-state index in [0.29, 0.717) is 41.6 Å². The number of aromatic nitrogens is 6. The quantitative estimate of drug-likeness (QED) is 0.416. The summed E-state index contributed by atoms with van der Waals surface area (Å²) in [6.07, 6.45) is -0.699. The number of nitrogens with zero attached hydrogens (tertiary/aromatic N) is 7. The van der Waals surface area contributed by atoms with Crippen molar-refractivity contribution in [1.29, 1.82) is 0 Å². The molecule has 1 aliphatic rings. The largest absolute Gasteiger partial charge is 0.479 e. The van der Waals surface area contributed by atoms with Crippen LogP contribution >= 0.6 is 0 Å². The van der Waals surface area contributed by atoms with Gasteiger partial charge in [0.05, 0.1) is 24.4 Å². The number of alkyl halides is 2. The Kier molecular flexibility index (Phi) is 6.38. The molecule has 0 saturated carbocycles. The number of amides is 1. The summed E-state index contributed by atoms with van der Waals surface area (Å²) in [7, 11) is 1.43. The van der Waals surface area contributed by atoms with Gasteiger partial charge in [-0.05, 0) is 37.0 Å². The predicted octanol–water partition coefficient (Wildman–Crippen LogP) is 3.78. The Labute approximate surface area is 210 Å². The number of ether oxygens (including phenoxy) is 1. The number of nitrogens with one attached hydrogen (secondary N) is 1. The smallest absolute Gasteiger partial charge is 0.260 e. The van der Waals surface area contributed by atoms with E-state index >= 15 is 4.39 Å². The number of likely N-dealkylation sites (tertiary alicyclic amines) is 1. The molecular formula is C24H27F3N8O2. The first-order chi connectivity index (χ1) is 17.7. The van der Waals surface area contributed by atoms with E-state index in [0.717, 1.165) is 4.68 Å². The number of rotatable bonds is 6. The van der Waals surface area contributed by atoms with E-state index in [1.807, 2.05) is 6.92 Å². The van der Waals surface area contributed by atoms with Crippen LogP contribution in [0, 0.1) is 11.7 Å². The summed E-state index contributed by atoms with van der Waals surface area (Å²) < 4.78 is 50.0. The fourth-order valence-corrected chi connectivity index (χ4v) is 4.81. The van der Waals surface area contributed by atoms with Crippen molar-refractivity contribution < 1.29 is 22.7 Å². The molecule has 13 heteroatoms. The van der Waals surface area contributed by atoms with Gasteiger partial charge in [-0.25, -0.2) is 22.4 Å². The molecule has 3 aromatic heterocycles. The molecule has 1 saturated heterocycles. The lowest BCUT2D eigenvalue weighted by atomic mass is 9.94. The van der Waals surface area contributed by atoms with Gasteiger partial charge in [0.15, 0.2) is 5.82 Å². The monoisotopic (exact) mass is 516 g/mol. The highest BCUT2D eigenvalue weighted by molar-refractivity contribution is 5.89. The van der Waals surface area contributed by atoms with Crippen molar-refractivity contribution in [3.8, 4) is 17.0 Å². The number of anilines is 1. The standard InChI is InChI=1S/C24H27F3N8O2/c1-12-10-33(14(3)36)8-7-17(12)28-24-29-23(37-4)21-20(16(25)11-34(21)31-24)15-5-6-18-19(9-15)35(32-30-18)13(2)22(26)27/h5-6,9,11-13,17,22H,7-8,10H2,1-4H3,(H,28,31)/t12-,13-,17+/m1/s1. The molecule has 4 aromatic rings. The van der Waals surface area contributed by atoms with E-state index in [9.17, 15) is 13.6 Å². The maximum atomic E-state index is 15.3. The highest BCUT2D eigenvalue weighted by Crippen LogP contribution is 2.36. The number of halogens is 3. The summed E-state index contributed by atoms with van der Waals surface area (Å²) in [6.45, 7) is 6.18. The van der Waals surface area contributed by atoms with Crippen LogP contribution in [-0.4, -0.2) is 73.1 Å². The highest BCUT2D eigenvalue weighted by atomic mass is 19.3. The summed E-state index contributed by atoms with van der Waals surface area (Å²) >= 11 is 0. The summed E-state index contributed by atoms with van der Waals surface area (Å²) in [5, 5.41) is 15.6. The van der Waals surface area contributed by atoms with E-state index in [1.54, 1.807) is 30.0 Å². The third kappa shape index (κ3) is 4.42. The van der Waals surface area contributed by atoms with Crippen molar-refractivity contribution in [3.63, 3.8) is 0 Å². The van der Waals surface area contributed by atoms with Crippen molar-refractivity contribution in [3.05, 3.63) is 30.2 Å². The molecule has 1 aliphatic heterocycles. The third-order valence-corrected chi connectivity index (χ3v) is 6.92. The lowest BCUT2D eigenvalue weighted by molar-refractivity contribution is -0.130. The molecule has 3 atom stereocenters. The molecule has 5 rings (SSSR count). The van der Waals surface area contributed by atoms with E-state index in [4.69, 9.17) is 4.74 Å². The first kappa shape index (κ1) is 24.8. The summed E-state index contributed by atoms with van der Waals surface area (Å²) in [4.78, 5) is 18.0. The number of hydrogen-bond donors (Lipinski definition) is 1. The fraction of sp³-hybridized carbons (Fsp3) is 0.458. The van der Waals surface area contributed by atoms with Crippen LogP contribution in [0.4, 0.5) is 19.1 Å². The van der Waals surface area contributed by atoms with Gasteiger partial charge in [0.2, 0.25) is 17.7 Å². The number of hydrogen-bond acceptors (Lipinski definition) is 7. The Balaban J connectivity index is 1.52. The molecule has 4 heterocycles. The van der Waals surface area contributed by atoms with Crippen LogP contribution in [-0.2, 0) is 4.79 Å². The van der Waals surface area contributed by atoms with Crippen molar-refractivity contribution in [2.24, 2.45) is 5.92 Å². The molecular weight excluding hydrogens is 489 g/mol. The molecule has 196 valence electrons. The van der Waals surface area contributed by atoms with E-state index in [1.165, 1.54) is 24.7 Å². The van der Waals surface area contributed by atoms with Gasteiger partial charge in [-0.1, -0.05) is 18.2 Å². The molecule has 0 spiro atoms. The van der Waals surface area contributed by atoms with Crippen molar-refractivity contribution in [2.75, 3.05) is 25.5 Å². The average molecular weight is 517 g/mol. The normalized spacial score (nSPS) is 19.1. The SMILES string of the molecule is COc1nc(N[C@H]2CCN(C(C)=O)C[C@H]2C)nn2cc(F)c(-c3ccc4nnn([C@H](C)C(F)F)c4c3)c12. The molecule has 37 heavy (non-hydrogen) atoms. The molecule has 0 aliphatic carbocycles. The van der Waals surface area contributed by atoms with Crippen LogP contribution in [0.1, 0.15) is 33.2 Å². The van der Waals surface area contributed by atoms with Gasteiger partial charge in [0.25, 0.3) is 6.43 Å². The zero-order valence-corrected chi connectivity index (χ0v) is 20.8. The van der Waals surface area contributed by atoms with Crippen LogP contribution in [0.5, 0.6) is 5.88 Å². The van der Waals surface area contributed by atoms with Crippen LogP contribution in [0.3, 0.4) is 0 Å². The van der Waals surface area contributed by atoms with Crippen LogP contribution in [0.15, 0.2) is 24.4 Å².